The van der Waals surface area contributed by atoms with Crippen molar-refractivity contribution < 1.29 is 18.0 Å². The molecule has 2 aliphatic heterocycles. The van der Waals surface area contributed by atoms with Crippen LogP contribution < -0.4 is 0 Å². The van der Waals surface area contributed by atoms with Gasteiger partial charge in [0.25, 0.3) is 5.91 Å². The SMILES string of the molecule is CCc1c(C(=O)N2CCC(N3CCS(=O)(=O)CC3)CC2)[nH]c(C)c1C(C)=O. The number of amides is 1. The molecular formula is C19H29N3O4S. The van der Waals surface area contributed by atoms with Crippen molar-refractivity contribution in [2.75, 3.05) is 37.7 Å². The second kappa shape index (κ2) is 7.75. The Morgan fingerprint density at radius 1 is 1.11 bits per heavy atom. The molecule has 1 N–H and O–H groups in total. The van der Waals surface area contributed by atoms with Gasteiger partial charge in [0.15, 0.2) is 15.6 Å². The molecule has 0 radical (unpaired) electrons. The topological polar surface area (TPSA) is 90.6 Å². The minimum absolute atomic E-state index is 0.0154. The van der Waals surface area contributed by atoms with Gasteiger partial charge in [0.1, 0.15) is 5.69 Å². The summed E-state index contributed by atoms with van der Waals surface area (Å²) in [6, 6.07) is 0.341. The largest absolute Gasteiger partial charge is 0.354 e. The van der Waals surface area contributed by atoms with Crippen molar-refractivity contribution >= 4 is 21.5 Å². The molecule has 3 heterocycles. The summed E-state index contributed by atoms with van der Waals surface area (Å²) in [5.74, 6) is 0.420. The monoisotopic (exact) mass is 395 g/mol. The first-order valence-electron chi connectivity index (χ1n) is 9.69. The van der Waals surface area contributed by atoms with Crippen LogP contribution in [0.15, 0.2) is 0 Å². The van der Waals surface area contributed by atoms with E-state index >= 15 is 0 Å². The average Bonchev–Trinajstić information content (AvgIpc) is 2.98. The molecule has 1 aromatic rings. The van der Waals surface area contributed by atoms with Gasteiger partial charge >= 0.3 is 0 Å². The maximum atomic E-state index is 13.0. The zero-order chi connectivity index (χ0) is 19.8. The summed E-state index contributed by atoms with van der Waals surface area (Å²) in [7, 11) is -2.87. The molecule has 2 fully saturated rings. The van der Waals surface area contributed by atoms with E-state index in [9.17, 15) is 18.0 Å². The normalized spacial score (nSPS) is 21.4. The first kappa shape index (κ1) is 20.1. The molecular weight excluding hydrogens is 366 g/mol. The van der Waals surface area contributed by atoms with Gasteiger partial charge in [-0.2, -0.15) is 0 Å². The number of hydrogen-bond donors (Lipinski definition) is 1. The van der Waals surface area contributed by atoms with E-state index in [0.29, 0.717) is 49.9 Å². The maximum absolute atomic E-state index is 13.0. The minimum Gasteiger partial charge on any atom is -0.354 e. The fraction of sp³-hybridized carbons (Fsp3) is 0.684. The summed E-state index contributed by atoms with van der Waals surface area (Å²) in [5, 5.41) is 0. The molecule has 0 atom stereocenters. The molecule has 0 unspecified atom stereocenters. The highest BCUT2D eigenvalue weighted by molar-refractivity contribution is 7.91. The Morgan fingerprint density at radius 2 is 1.70 bits per heavy atom. The lowest BCUT2D eigenvalue weighted by atomic mass is 10.0. The number of carbonyl (C=O) groups excluding carboxylic acids is 2. The molecule has 0 spiro atoms. The van der Waals surface area contributed by atoms with Crippen LogP contribution in [0.1, 0.15) is 58.8 Å². The Labute approximate surface area is 161 Å². The van der Waals surface area contributed by atoms with Crippen LogP contribution in [0, 0.1) is 6.92 Å². The lowest BCUT2D eigenvalue weighted by Gasteiger charge is -2.40. The lowest BCUT2D eigenvalue weighted by Crippen LogP contribution is -2.51. The zero-order valence-electron chi connectivity index (χ0n) is 16.4. The van der Waals surface area contributed by atoms with E-state index in [1.165, 1.54) is 6.92 Å². The Balaban J connectivity index is 1.66. The van der Waals surface area contributed by atoms with E-state index in [1.54, 1.807) is 0 Å². The number of rotatable bonds is 4. The van der Waals surface area contributed by atoms with Crippen molar-refractivity contribution in [3.63, 3.8) is 0 Å². The second-order valence-electron chi connectivity index (χ2n) is 7.60. The van der Waals surface area contributed by atoms with Crippen molar-refractivity contribution in [1.82, 2.24) is 14.8 Å². The molecule has 2 saturated heterocycles. The number of nitrogens with one attached hydrogen (secondary N) is 1. The molecule has 2 aliphatic rings. The third-order valence-corrected chi connectivity index (χ3v) is 7.47. The first-order chi connectivity index (χ1) is 12.7. The standard InChI is InChI=1S/C19H29N3O4S/c1-4-16-17(14(3)23)13(2)20-18(16)19(24)22-7-5-15(6-8-22)21-9-11-27(25,26)12-10-21/h15,20H,4-12H2,1-3H3. The van der Waals surface area contributed by atoms with Gasteiger partial charge in [-0.15, -0.1) is 0 Å². The van der Waals surface area contributed by atoms with Crippen molar-refractivity contribution in [3.05, 3.63) is 22.5 Å². The number of Topliss-reactive ketones (excluding diaryl/α,β-unsaturated/α-hetero) is 1. The van der Waals surface area contributed by atoms with E-state index in [0.717, 1.165) is 24.1 Å². The number of nitrogens with zero attached hydrogens (tertiary/aromatic N) is 2. The molecule has 0 bridgehead atoms. The Kier molecular flexibility index (Phi) is 5.76. The summed E-state index contributed by atoms with van der Waals surface area (Å²) in [6.07, 6.45) is 2.35. The predicted molar refractivity (Wildman–Crippen MR) is 104 cm³/mol. The number of H-pyrrole nitrogens is 1. The van der Waals surface area contributed by atoms with E-state index in [-0.39, 0.29) is 23.2 Å². The predicted octanol–water partition coefficient (Wildman–Crippen LogP) is 1.42. The Morgan fingerprint density at radius 3 is 2.22 bits per heavy atom. The Hall–Kier alpha value is -1.67. The number of aryl methyl sites for hydroxylation is 1. The summed E-state index contributed by atoms with van der Waals surface area (Å²) in [4.78, 5) is 32.2. The van der Waals surface area contributed by atoms with Gasteiger partial charge in [0.05, 0.1) is 11.5 Å². The second-order valence-corrected chi connectivity index (χ2v) is 9.90. The van der Waals surface area contributed by atoms with E-state index in [4.69, 9.17) is 0 Å². The lowest BCUT2D eigenvalue weighted by molar-refractivity contribution is 0.0623. The highest BCUT2D eigenvalue weighted by atomic mass is 32.2. The van der Waals surface area contributed by atoms with Crippen molar-refractivity contribution in [2.45, 2.75) is 46.1 Å². The van der Waals surface area contributed by atoms with Gasteiger partial charge in [-0.05, 0) is 38.7 Å². The quantitative estimate of drug-likeness (QED) is 0.779. The van der Waals surface area contributed by atoms with Crippen LogP contribution in [0.3, 0.4) is 0 Å². The fourth-order valence-electron chi connectivity index (χ4n) is 4.37. The first-order valence-corrected chi connectivity index (χ1v) is 11.5. The molecule has 1 amide bonds. The number of likely N-dealkylation sites (tertiary alicyclic amines) is 1. The third kappa shape index (κ3) is 4.11. The third-order valence-electron chi connectivity index (χ3n) is 5.86. The van der Waals surface area contributed by atoms with E-state index < -0.39 is 9.84 Å². The van der Waals surface area contributed by atoms with Crippen LogP contribution in [-0.2, 0) is 16.3 Å². The molecule has 150 valence electrons. The minimum atomic E-state index is -2.87. The maximum Gasteiger partial charge on any atom is 0.270 e. The van der Waals surface area contributed by atoms with Crippen molar-refractivity contribution in [2.24, 2.45) is 0 Å². The van der Waals surface area contributed by atoms with Gasteiger partial charge in [0, 0.05) is 43.5 Å². The number of piperidine rings is 1. The molecule has 7 nitrogen and oxygen atoms in total. The van der Waals surface area contributed by atoms with Crippen LogP contribution in [0.4, 0.5) is 0 Å². The van der Waals surface area contributed by atoms with Gasteiger partial charge in [0.2, 0.25) is 0 Å². The number of ketones is 1. The number of aromatic nitrogens is 1. The van der Waals surface area contributed by atoms with Crippen LogP contribution in [0.5, 0.6) is 0 Å². The summed E-state index contributed by atoms with van der Waals surface area (Å²) in [5.41, 5.74) is 2.76. The van der Waals surface area contributed by atoms with Crippen LogP contribution in [-0.4, -0.2) is 78.6 Å². The van der Waals surface area contributed by atoms with Crippen molar-refractivity contribution in [1.29, 1.82) is 0 Å². The van der Waals surface area contributed by atoms with Crippen LogP contribution in [0.25, 0.3) is 0 Å². The number of sulfone groups is 1. The van der Waals surface area contributed by atoms with Gasteiger partial charge < -0.3 is 9.88 Å². The van der Waals surface area contributed by atoms with E-state index in [1.807, 2.05) is 18.7 Å². The zero-order valence-corrected chi connectivity index (χ0v) is 17.2. The molecule has 1 aromatic heterocycles. The van der Waals surface area contributed by atoms with Crippen LogP contribution >= 0.6 is 0 Å². The van der Waals surface area contributed by atoms with Gasteiger partial charge in [-0.3, -0.25) is 14.5 Å². The Bertz CT molecular complexity index is 821. The summed E-state index contributed by atoms with van der Waals surface area (Å²) >= 11 is 0. The van der Waals surface area contributed by atoms with Gasteiger partial charge in [-0.25, -0.2) is 8.42 Å². The molecule has 8 heteroatoms. The molecule has 3 rings (SSSR count). The molecule has 0 aromatic carbocycles. The molecule has 27 heavy (non-hydrogen) atoms. The number of carbonyl (C=O) groups is 2. The molecule has 0 saturated carbocycles. The highest BCUT2D eigenvalue weighted by Crippen LogP contribution is 2.24. The van der Waals surface area contributed by atoms with Crippen LogP contribution in [0.2, 0.25) is 0 Å². The van der Waals surface area contributed by atoms with Crippen molar-refractivity contribution in [3.8, 4) is 0 Å². The summed E-state index contributed by atoms with van der Waals surface area (Å²) < 4.78 is 23.2. The average molecular weight is 396 g/mol. The van der Waals surface area contributed by atoms with E-state index in [2.05, 4.69) is 9.88 Å². The number of hydrogen-bond acceptors (Lipinski definition) is 5. The smallest absolute Gasteiger partial charge is 0.270 e. The summed E-state index contributed by atoms with van der Waals surface area (Å²) in [6.45, 7) is 7.84. The highest BCUT2D eigenvalue weighted by Gasteiger charge is 2.32. The molecule has 0 aliphatic carbocycles. The van der Waals surface area contributed by atoms with Gasteiger partial charge in [-0.1, -0.05) is 6.92 Å². The fourth-order valence-corrected chi connectivity index (χ4v) is 5.60. The number of aromatic amines is 1.